The van der Waals surface area contributed by atoms with Crippen LogP contribution in [-0.2, 0) is 12.1 Å². The molecule has 7 nitrogen and oxygen atoms in total. The van der Waals surface area contributed by atoms with Crippen LogP contribution >= 0.6 is 0 Å². The van der Waals surface area contributed by atoms with Gasteiger partial charge in [-0.1, -0.05) is 12.1 Å². The Kier molecular flexibility index (Phi) is 3.63. The molecule has 0 bridgehead atoms. The van der Waals surface area contributed by atoms with Crippen LogP contribution in [0.2, 0.25) is 0 Å². The number of alkyl halides is 3. The highest BCUT2D eigenvalue weighted by Gasteiger charge is 2.55. The van der Waals surface area contributed by atoms with E-state index in [0.717, 1.165) is 12.8 Å². The van der Waals surface area contributed by atoms with E-state index in [1.165, 1.54) is 0 Å². The molecule has 2 atom stereocenters. The van der Waals surface area contributed by atoms with Crippen molar-refractivity contribution >= 4 is 0 Å². The quantitative estimate of drug-likeness (QED) is 0.873. The minimum Gasteiger partial charge on any atom is -0.475 e. The van der Waals surface area contributed by atoms with E-state index in [4.69, 9.17) is 14.5 Å². The number of ether oxygens (including phenoxy) is 1. The molecule has 0 unspecified atom stereocenters. The number of halogens is 3. The number of hydrogen-bond acceptors (Lipinski definition) is 6. The van der Waals surface area contributed by atoms with Gasteiger partial charge in [-0.05, 0) is 19.8 Å². The van der Waals surface area contributed by atoms with Gasteiger partial charge >= 0.3 is 6.18 Å². The number of rotatable bonds is 4. The fraction of sp³-hybridized carbons (Fsp3) is 0.588. The second-order valence-corrected chi connectivity index (χ2v) is 7.48. The van der Waals surface area contributed by atoms with Crippen LogP contribution in [0.4, 0.5) is 13.2 Å². The number of aromatic nitrogens is 3. The van der Waals surface area contributed by atoms with E-state index in [2.05, 4.69) is 16.3 Å². The molecule has 1 saturated carbocycles. The summed E-state index contributed by atoms with van der Waals surface area (Å²) in [5.41, 5.74) is -3.48. The van der Waals surface area contributed by atoms with Crippen molar-refractivity contribution < 1.29 is 27.5 Å². The Morgan fingerprint density at radius 2 is 2.19 bits per heavy atom. The highest BCUT2D eigenvalue weighted by atomic mass is 19.4. The van der Waals surface area contributed by atoms with E-state index in [-0.39, 0.29) is 30.4 Å². The van der Waals surface area contributed by atoms with Gasteiger partial charge in [0.1, 0.15) is 18.0 Å². The summed E-state index contributed by atoms with van der Waals surface area (Å²) in [5.74, 6) is 0.00774. The van der Waals surface area contributed by atoms with Crippen LogP contribution in [0.3, 0.4) is 0 Å². The zero-order chi connectivity index (χ0) is 19.6. The molecule has 144 valence electrons. The van der Waals surface area contributed by atoms with Gasteiger partial charge in [0.25, 0.3) is 0 Å². The monoisotopic (exact) mass is 382 g/mol. The molecular weight excluding hydrogens is 365 g/mol. The van der Waals surface area contributed by atoms with Crippen molar-refractivity contribution in [1.29, 1.82) is 5.26 Å². The Labute approximate surface area is 152 Å². The number of fused-ring (bicyclic) bond motifs is 3. The maximum Gasteiger partial charge on any atom is 0.422 e. The van der Waals surface area contributed by atoms with Gasteiger partial charge in [-0.2, -0.15) is 18.4 Å². The molecule has 0 spiro atoms. The molecule has 1 aliphatic carbocycles. The van der Waals surface area contributed by atoms with Gasteiger partial charge in [-0.15, -0.1) is 5.10 Å². The lowest BCUT2D eigenvalue weighted by atomic mass is 9.88. The lowest BCUT2D eigenvalue weighted by Gasteiger charge is -2.27. The number of aliphatic hydroxyl groups is 1. The van der Waals surface area contributed by atoms with Crippen molar-refractivity contribution in [3.63, 3.8) is 0 Å². The zero-order valence-electron chi connectivity index (χ0n) is 14.7. The molecule has 1 aliphatic heterocycles. The maximum atomic E-state index is 13.2. The number of nitrogens with zero attached hydrogens (tertiary/aromatic N) is 4. The van der Waals surface area contributed by atoms with Gasteiger partial charge in [-0.3, -0.25) is 4.68 Å². The Balaban J connectivity index is 1.68. The molecule has 1 N–H and O–H groups in total. The Bertz CT molecular complexity index is 934. The normalized spacial score (nSPS) is 22.3. The fourth-order valence-electron chi connectivity index (χ4n) is 3.21. The largest absolute Gasteiger partial charge is 0.475 e. The number of nitriles is 1. The SMILES string of the molecule is C[C@H]1Cn2nc(OCC3(C#N)CC3)cc2-c2onc([C@@](C)(O)C(F)(F)F)c21. The minimum atomic E-state index is -4.89. The fourth-order valence-corrected chi connectivity index (χ4v) is 3.21. The summed E-state index contributed by atoms with van der Waals surface area (Å²) in [5, 5.41) is 27.0. The van der Waals surface area contributed by atoms with Gasteiger partial charge in [-0.25, -0.2) is 0 Å². The van der Waals surface area contributed by atoms with Crippen LogP contribution in [0.25, 0.3) is 11.5 Å². The second kappa shape index (κ2) is 5.48. The van der Waals surface area contributed by atoms with Gasteiger partial charge in [0.2, 0.25) is 11.5 Å². The molecule has 0 amide bonds. The average molecular weight is 382 g/mol. The third-order valence-corrected chi connectivity index (χ3v) is 5.26. The summed E-state index contributed by atoms with van der Waals surface area (Å²) < 4.78 is 52.1. The van der Waals surface area contributed by atoms with E-state index < -0.39 is 28.8 Å². The van der Waals surface area contributed by atoms with Crippen LogP contribution in [0, 0.1) is 16.7 Å². The van der Waals surface area contributed by atoms with Crippen molar-refractivity contribution in [2.24, 2.45) is 5.41 Å². The van der Waals surface area contributed by atoms with Crippen molar-refractivity contribution in [2.75, 3.05) is 6.61 Å². The molecule has 10 heteroatoms. The zero-order valence-corrected chi connectivity index (χ0v) is 14.7. The lowest BCUT2D eigenvalue weighted by Crippen LogP contribution is -2.40. The Hall–Kier alpha value is -2.54. The van der Waals surface area contributed by atoms with E-state index in [1.54, 1.807) is 17.7 Å². The molecule has 3 heterocycles. The summed E-state index contributed by atoms with van der Waals surface area (Å²) in [6.45, 7) is 2.88. The number of hydrogen-bond donors (Lipinski definition) is 1. The van der Waals surface area contributed by atoms with E-state index in [1.807, 2.05) is 0 Å². The molecule has 2 aromatic heterocycles. The topological polar surface area (TPSA) is 97.1 Å². The lowest BCUT2D eigenvalue weighted by molar-refractivity contribution is -0.261. The van der Waals surface area contributed by atoms with Gasteiger partial charge in [0.15, 0.2) is 5.76 Å². The van der Waals surface area contributed by atoms with Gasteiger partial charge in [0.05, 0.1) is 11.5 Å². The van der Waals surface area contributed by atoms with Crippen molar-refractivity contribution in [1.82, 2.24) is 14.9 Å². The molecule has 4 rings (SSSR count). The van der Waals surface area contributed by atoms with Crippen molar-refractivity contribution in [3.05, 3.63) is 17.3 Å². The summed E-state index contributed by atoms with van der Waals surface area (Å²) >= 11 is 0. The van der Waals surface area contributed by atoms with Crippen LogP contribution < -0.4 is 4.74 Å². The smallest absolute Gasteiger partial charge is 0.422 e. The van der Waals surface area contributed by atoms with Gasteiger partial charge < -0.3 is 14.4 Å². The van der Waals surface area contributed by atoms with Gasteiger partial charge in [0, 0.05) is 24.1 Å². The third kappa shape index (κ3) is 2.68. The highest BCUT2D eigenvalue weighted by Crippen LogP contribution is 2.47. The van der Waals surface area contributed by atoms with Crippen molar-refractivity contribution in [3.8, 4) is 23.4 Å². The first-order valence-corrected chi connectivity index (χ1v) is 8.49. The Morgan fingerprint density at radius 1 is 1.48 bits per heavy atom. The summed E-state index contributed by atoms with van der Waals surface area (Å²) in [6.07, 6.45) is -3.34. The van der Waals surface area contributed by atoms with Crippen LogP contribution in [-0.4, -0.2) is 32.8 Å². The first-order chi connectivity index (χ1) is 12.6. The molecule has 0 radical (unpaired) electrons. The van der Waals surface area contributed by atoms with Crippen LogP contribution in [0.1, 0.15) is 43.9 Å². The molecule has 2 aromatic rings. The van der Waals surface area contributed by atoms with Crippen LogP contribution in [0.15, 0.2) is 10.6 Å². The standard InChI is InChI=1S/C17H17F3N4O3/c1-9-6-24-10(5-11(22-24)26-8-16(7-21)3-4-16)13-12(9)14(23-27-13)15(2,25)17(18,19)20/h5,9,25H,3-4,6,8H2,1-2H3/t9-,15+/m0/s1. The molecule has 0 aromatic carbocycles. The van der Waals surface area contributed by atoms with E-state index in [0.29, 0.717) is 12.6 Å². The van der Waals surface area contributed by atoms with Crippen LogP contribution in [0.5, 0.6) is 5.88 Å². The minimum absolute atomic E-state index is 0.136. The molecule has 27 heavy (non-hydrogen) atoms. The summed E-state index contributed by atoms with van der Waals surface area (Å²) in [7, 11) is 0. The first-order valence-electron chi connectivity index (χ1n) is 8.49. The third-order valence-electron chi connectivity index (χ3n) is 5.26. The molecule has 0 saturated heterocycles. The van der Waals surface area contributed by atoms with Crippen molar-refractivity contribution in [2.45, 2.75) is 50.9 Å². The second-order valence-electron chi connectivity index (χ2n) is 7.48. The summed E-state index contributed by atoms with van der Waals surface area (Å²) in [4.78, 5) is 0. The predicted octanol–water partition coefficient (Wildman–Crippen LogP) is 3.11. The average Bonchev–Trinajstić information content (AvgIpc) is 3.02. The Morgan fingerprint density at radius 3 is 2.78 bits per heavy atom. The molecule has 1 fully saturated rings. The summed E-state index contributed by atoms with van der Waals surface area (Å²) in [6, 6.07) is 3.77. The van der Waals surface area contributed by atoms with E-state index >= 15 is 0 Å². The maximum absolute atomic E-state index is 13.2. The molecular formula is C17H17F3N4O3. The van der Waals surface area contributed by atoms with E-state index in [9.17, 15) is 18.3 Å². The predicted molar refractivity (Wildman–Crippen MR) is 84.5 cm³/mol. The first kappa shape index (κ1) is 17.9. The molecule has 2 aliphatic rings. The highest BCUT2D eigenvalue weighted by molar-refractivity contribution is 5.63.